The number of hydrogen-bond acceptors (Lipinski definition) is 3. The van der Waals surface area contributed by atoms with Crippen LogP contribution in [0.1, 0.15) is 17.2 Å². The molecule has 0 saturated heterocycles. The molecule has 4 nitrogen and oxygen atoms in total. The molecule has 0 spiro atoms. The molecule has 1 N–H and O–H groups in total. The van der Waals surface area contributed by atoms with Crippen LogP contribution in [-0.4, -0.2) is 29.9 Å². The van der Waals surface area contributed by atoms with E-state index in [4.69, 9.17) is 11.6 Å². The molecule has 116 valence electrons. The molecular weight excluding hydrogens is 305 g/mol. The van der Waals surface area contributed by atoms with Crippen molar-refractivity contribution in [2.24, 2.45) is 0 Å². The number of rotatable bonds is 4. The van der Waals surface area contributed by atoms with Gasteiger partial charge in [0.1, 0.15) is 17.7 Å². The second-order valence-electron chi connectivity index (χ2n) is 5.16. The van der Waals surface area contributed by atoms with E-state index in [9.17, 15) is 9.18 Å². The zero-order valence-corrected chi connectivity index (χ0v) is 13.4. The topological polar surface area (TPSA) is 45.2 Å². The highest BCUT2D eigenvalue weighted by Gasteiger charge is 2.28. The van der Waals surface area contributed by atoms with E-state index >= 15 is 0 Å². The Morgan fingerprint density at radius 2 is 2.05 bits per heavy atom. The molecule has 1 aromatic carbocycles. The molecule has 22 heavy (non-hydrogen) atoms. The van der Waals surface area contributed by atoms with Gasteiger partial charge in [0.05, 0.1) is 0 Å². The van der Waals surface area contributed by atoms with Gasteiger partial charge in [0.25, 0.3) is 0 Å². The lowest BCUT2D eigenvalue weighted by Crippen LogP contribution is -2.33. The van der Waals surface area contributed by atoms with Crippen molar-refractivity contribution in [1.82, 2.24) is 9.88 Å². The van der Waals surface area contributed by atoms with Crippen molar-refractivity contribution >= 4 is 23.3 Å². The largest absolute Gasteiger partial charge is 0.309 e. The van der Waals surface area contributed by atoms with Crippen molar-refractivity contribution in [1.29, 1.82) is 0 Å². The molecule has 1 unspecified atom stereocenters. The number of pyridine rings is 1. The van der Waals surface area contributed by atoms with Crippen molar-refractivity contribution in [3.8, 4) is 0 Å². The second kappa shape index (κ2) is 6.85. The molecule has 0 fully saturated rings. The lowest BCUT2D eigenvalue weighted by molar-refractivity contribution is -0.120. The molecule has 2 aromatic rings. The van der Waals surface area contributed by atoms with Crippen LogP contribution in [0.15, 0.2) is 36.5 Å². The van der Waals surface area contributed by atoms with Crippen LogP contribution < -0.4 is 5.32 Å². The molecule has 1 amide bonds. The first-order chi connectivity index (χ1) is 10.4. The van der Waals surface area contributed by atoms with Gasteiger partial charge in [-0.1, -0.05) is 23.7 Å². The van der Waals surface area contributed by atoms with E-state index in [1.807, 2.05) is 13.0 Å². The number of carbonyl (C=O) groups excluding carboxylic acids is 1. The lowest BCUT2D eigenvalue weighted by Gasteiger charge is -2.25. The Hall–Kier alpha value is -1.98. The highest BCUT2D eigenvalue weighted by atomic mass is 35.5. The third-order valence-corrected chi connectivity index (χ3v) is 3.62. The number of nitrogens with one attached hydrogen (secondary N) is 1. The number of aromatic nitrogens is 1. The van der Waals surface area contributed by atoms with Gasteiger partial charge in [-0.25, -0.2) is 9.37 Å². The van der Waals surface area contributed by atoms with Crippen molar-refractivity contribution < 1.29 is 9.18 Å². The zero-order chi connectivity index (χ0) is 16.3. The smallest absolute Gasteiger partial charge is 0.247 e. The number of aryl methyl sites for hydroxylation is 1. The van der Waals surface area contributed by atoms with E-state index in [2.05, 4.69) is 10.3 Å². The number of amides is 1. The minimum Gasteiger partial charge on any atom is -0.309 e. The molecule has 0 aliphatic heterocycles. The normalized spacial score (nSPS) is 12.3. The van der Waals surface area contributed by atoms with E-state index in [1.165, 1.54) is 12.1 Å². The fraction of sp³-hybridized carbons (Fsp3) is 0.250. The van der Waals surface area contributed by atoms with Crippen LogP contribution in [0.25, 0.3) is 0 Å². The Kier molecular flexibility index (Phi) is 5.11. The summed E-state index contributed by atoms with van der Waals surface area (Å²) in [6.07, 6.45) is 1.59. The summed E-state index contributed by atoms with van der Waals surface area (Å²) in [5.41, 5.74) is 0.980. The Balaban J connectivity index is 2.37. The van der Waals surface area contributed by atoms with Gasteiger partial charge in [-0.2, -0.15) is 0 Å². The first-order valence-electron chi connectivity index (χ1n) is 6.74. The third kappa shape index (κ3) is 3.43. The van der Waals surface area contributed by atoms with Crippen LogP contribution in [0.4, 0.5) is 10.2 Å². The molecule has 1 aromatic heterocycles. The van der Waals surface area contributed by atoms with Gasteiger partial charge in [-0.05, 0) is 44.8 Å². The number of nitrogens with zero attached hydrogens (tertiary/aromatic N) is 2. The Morgan fingerprint density at radius 1 is 1.32 bits per heavy atom. The zero-order valence-electron chi connectivity index (χ0n) is 12.6. The molecule has 0 radical (unpaired) electrons. The predicted octanol–water partition coefficient (Wildman–Crippen LogP) is 3.42. The number of carbonyl (C=O) groups is 1. The van der Waals surface area contributed by atoms with Crippen LogP contribution >= 0.6 is 11.6 Å². The van der Waals surface area contributed by atoms with Crippen molar-refractivity contribution in [2.75, 3.05) is 19.4 Å². The van der Waals surface area contributed by atoms with Gasteiger partial charge in [0, 0.05) is 16.8 Å². The Bertz CT molecular complexity index is 671. The minimum absolute atomic E-state index is 0.153. The molecule has 0 aliphatic rings. The predicted molar refractivity (Wildman–Crippen MR) is 85.4 cm³/mol. The summed E-state index contributed by atoms with van der Waals surface area (Å²) in [4.78, 5) is 18.3. The monoisotopic (exact) mass is 321 g/mol. The molecule has 1 heterocycles. The van der Waals surface area contributed by atoms with Gasteiger partial charge < -0.3 is 5.32 Å². The van der Waals surface area contributed by atoms with Crippen LogP contribution in [0.5, 0.6) is 0 Å². The quantitative estimate of drug-likeness (QED) is 0.938. The molecule has 2 rings (SSSR count). The lowest BCUT2D eigenvalue weighted by atomic mass is 10.0. The van der Waals surface area contributed by atoms with Crippen molar-refractivity contribution in [3.05, 3.63) is 58.5 Å². The average molecular weight is 322 g/mol. The number of likely N-dealkylation sites (N-methyl/N-ethyl adjacent to an activating group) is 1. The van der Waals surface area contributed by atoms with E-state index in [1.54, 1.807) is 37.3 Å². The van der Waals surface area contributed by atoms with Gasteiger partial charge >= 0.3 is 0 Å². The standard InChI is InChI=1S/C16H17ClFN3O/c1-10-6-5-9-19-15(10)20-16(22)14(21(2)3)13-11(17)7-4-8-12(13)18/h4-9,14H,1-3H3,(H,19,20,22). The summed E-state index contributed by atoms with van der Waals surface area (Å²) >= 11 is 6.08. The fourth-order valence-corrected chi connectivity index (χ4v) is 2.46. The second-order valence-corrected chi connectivity index (χ2v) is 5.57. The van der Waals surface area contributed by atoms with Gasteiger partial charge in [-0.3, -0.25) is 9.69 Å². The van der Waals surface area contributed by atoms with E-state index in [0.29, 0.717) is 5.82 Å². The maximum absolute atomic E-state index is 14.1. The molecular formula is C16H17ClFN3O. The summed E-state index contributed by atoms with van der Waals surface area (Å²) < 4.78 is 14.1. The van der Waals surface area contributed by atoms with Crippen LogP contribution in [0.2, 0.25) is 5.02 Å². The number of benzene rings is 1. The third-order valence-electron chi connectivity index (χ3n) is 3.29. The molecule has 6 heteroatoms. The van der Waals surface area contributed by atoms with Crippen molar-refractivity contribution in [3.63, 3.8) is 0 Å². The average Bonchev–Trinajstić information content (AvgIpc) is 2.45. The maximum atomic E-state index is 14.1. The van der Waals surface area contributed by atoms with Gasteiger partial charge in [0.2, 0.25) is 5.91 Å². The number of hydrogen-bond donors (Lipinski definition) is 1. The van der Waals surface area contributed by atoms with Gasteiger partial charge in [0.15, 0.2) is 0 Å². The summed E-state index contributed by atoms with van der Waals surface area (Å²) in [5.74, 6) is -0.454. The van der Waals surface area contributed by atoms with E-state index in [-0.39, 0.29) is 10.6 Å². The molecule has 0 aliphatic carbocycles. The molecule has 1 atom stereocenters. The Morgan fingerprint density at radius 3 is 2.64 bits per heavy atom. The summed E-state index contributed by atoms with van der Waals surface area (Å²) in [7, 11) is 3.39. The van der Waals surface area contributed by atoms with Crippen molar-refractivity contribution in [2.45, 2.75) is 13.0 Å². The van der Waals surface area contributed by atoms with Crippen LogP contribution in [0, 0.1) is 12.7 Å². The summed E-state index contributed by atoms with van der Waals surface area (Å²) in [5, 5.41) is 2.94. The van der Waals surface area contributed by atoms with Crippen LogP contribution in [-0.2, 0) is 4.79 Å². The highest BCUT2D eigenvalue weighted by molar-refractivity contribution is 6.31. The first kappa shape index (κ1) is 16.4. The van der Waals surface area contributed by atoms with E-state index in [0.717, 1.165) is 5.56 Å². The summed E-state index contributed by atoms with van der Waals surface area (Å²) in [6, 6.07) is 7.13. The van der Waals surface area contributed by atoms with Crippen LogP contribution in [0.3, 0.4) is 0 Å². The summed E-state index contributed by atoms with van der Waals surface area (Å²) in [6.45, 7) is 1.84. The highest BCUT2D eigenvalue weighted by Crippen LogP contribution is 2.30. The number of anilines is 1. The Labute approximate surface area is 133 Å². The molecule has 0 saturated carbocycles. The van der Waals surface area contributed by atoms with Gasteiger partial charge in [-0.15, -0.1) is 0 Å². The SMILES string of the molecule is Cc1cccnc1NC(=O)C(c1c(F)cccc1Cl)N(C)C. The molecule has 0 bridgehead atoms. The minimum atomic E-state index is -0.852. The first-order valence-corrected chi connectivity index (χ1v) is 7.12. The fourth-order valence-electron chi connectivity index (χ4n) is 2.20. The van der Waals surface area contributed by atoms with E-state index < -0.39 is 17.8 Å². The maximum Gasteiger partial charge on any atom is 0.247 e. The number of halogens is 2.